The molecule has 0 bridgehead atoms. The maximum absolute atomic E-state index is 4.86. The summed E-state index contributed by atoms with van der Waals surface area (Å²) in [5, 5.41) is 19.3. The Morgan fingerprint density at radius 3 is 1.07 bits per heavy atom. The number of pyridine rings is 4. The van der Waals surface area contributed by atoms with Gasteiger partial charge in [0.2, 0.25) is 0 Å². The minimum Gasteiger partial charge on any atom is -0.381 e. The van der Waals surface area contributed by atoms with Crippen molar-refractivity contribution >= 4 is 144 Å². The molecule has 2 aliphatic rings. The minimum absolute atomic E-state index is 0. The van der Waals surface area contributed by atoms with Gasteiger partial charge in [0.15, 0.2) is 0 Å². The predicted molar refractivity (Wildman–Crippen MR) is 504 cm³/mol. The van der Waals surface area contributed by atoms with Gasteiger partial charge < -0.3 is 29.1 Å². The topological polar surface area (TPSA) is 61.4 Å². The summed E-state index contributed by atoms with van der Waals surface area (Å²) >= 11 is 0. The van der Waals surface area contributed by atoms with Gasteiger partial charge in [-0.05, 0) is 113 Å². The second-order valence-corrected chi connectivity index (χ2v) is 63.4. The fraction of sp³-hybridized carbons (Fsp3) is 0.157. The van der Waals surface area contributed by atoms with Crippen molar-refractivity contribution in [2.75, 3.05) is 0 Å². The van der Waals surface area contributed by atoms with E-state index in [1.54, 1.807) is 0 Å². The SMILES string of the molecule is CCn1c2c[c-]c(-c3ccc([Si](C)(C)C)cn3)cc2c2ccccc21.C[Si](C)(C)c1ccc(-c2[c-]cc3c(c2)-c2ccccc2[Si]3(C)C)nc1.C[Si](C)(C)c1ccc(-c2[c-]cc3c(c2)-c2ccccc2[Si]3(c2ccccc2)c2ccccc2)nc1.C[Si](C)(C)c1ccc(-c2[c-]cc3c(c2)c2ccccc2n3-c2ccccc2)nc1.[Ir].[Ir].[Ir].[Ir]. The van der Waals surface area contributed by atoms with Crippen LogP contribution < -0.4 is 51.9 Å². The molecule has 0 unspecified atom stereocenters. The number of rotatable bonds is 12. The Labute approximate surface area is 758 Å². The van der Waals surface area contributed by atoms with Crippen LogP contribution in [0.3, 0.4) is 0 Å². The summed E-state index contributed by atoms with van der Waals surface area (Å²) in [6.45, 7) is 36.3. The third-order valence-electron chi connectivity index (χ3n) is 23.2. The van der Waals surface area contributed by atoms with Gasteiger partial charge in [-0.25, -0.2) is 0 Å². The standard InChI is InChI=1S/C32H28NSi2.C26H23N2Si.C22H23N2Si.C22H24NSi2.4Ir/c1-34(2,3)27-19-20-30(33-23-27)24-18-21-32-29(22-24)28-16-10-11-17-31(28)35(32,25-12-6-4-7-13-25)26-14-8-5-9-15-26;1-29(2,3)21-14-15-24(27-18-21)19-13-16-26-23(17-19)22-11-7-8-12-25(22)28(26)20-9-5-4-6-10-20;1-5-24-21-9-7-6-8-18(21)19-14-16(10-13-22(19)24)20-12-11-17(15-23-20)25(2,3)4;1-24(2,3)17-11-12-20(23-15-17)16-10-13-22-19(14-16)18-8-6-7-9-21(18)25(22,4)5;;;;/h4-17,19-23H,1-3H3;4-12,14-18H,1-3H3;6-9,11-15H,5H2,1-4H3;6-9,11-15H,1-5H3;;;;/q4*-1;;;;. The van der Waals surface area contributed by atoms with Gasteiger partial charge in [0.25, 0.3) is 0 Å². The van der Waals surface area contributed by atoms with Crippen LogP contribution in [0.15, 0.2) is 310 Å². The van der Waals surface area contributed by atoms with Gasteiger partial charge in [0.05, 0.1) is 40.4 Å². The molecule has 600 valence electrons. The minimum atomic E-state index is -2.43. The Balaban J connectivity index is 0.000000144. The van der Waals surface area contributed by atoms with Crippen LogP contribution in [0.5, 0.6) is 0 Å². The van der Waals surface area contributed by atoms with E-state index in [-0.39, 0.29) is 80.4 Å². The molecular formula is C102H98Ir4N6Si6-4. The molecule has 6 nitrogen and oxygen atoms in total. The number of hydrogen-bond donors (Lipinski definition) is 0. The van der Waals surface area contributed by atoms with Crippen molar-refractivity contribution < 1.29 is 80.4 Å². The van der Waals surface area contributed by atoms with Crippen molar-refractivity contribution in [1.29, 1.82) is 0 Å². The molecule has 0 fully saturated rings. The van der Waals surface area contributed by atoms with E-state index in [0.717, 1.165) is 57.3 Å². The maximum atomic E-state index is 4.86. The van der Waals surface area contributed by atoms with Gasteiger partial charge in [-0.3, -0.25) is 0 Å². The third kappa shape index (κ3) is 17.3. The van der Waals surface area contributed by atoms with Gasteiger partial charge in [0.1, 0.15) is 8.07 Å². The second-order valence-electron chi connectivity index (χ2n) is 35.0. The molecular weight excluding hydrogens is 2250 g/mol. The summed E-state index contributed by atoms with van der Waals surface area (Å²) < 4.78 is 4.67. The fourth-order valence-electron chi connectivity index (χ4n) is 16.7. The van der Waals surface area contributed by atoms with Gasteiger partial charge in [-0.1, -0.05) is 341 Å². The van der Waals surface area contributed by atoms with Crippen LogP contribution in [0.2, 0.25) is 91.7 Å². The summed E-state index contributed by atoms with van der Waals surface area (Å²) in [6, 6.07) is 117. The average Bonchev–Trinajstić information content (AvgIpc) is 1.53. The molecule has 16 heteroatoms. The molecule has 17 aromatic rings. The first kappa shape index (κ1) is 88.8. The quantitative estimate of drug-likeness (QED) is 0.0903. The van der Waals surface area contributed by atoms with Crippen molar-refractivity contribution in [3.8, 4) is 73.0 Å². The Hall–Kier alpha value is -8.48. The van der Waals surface area contributed by atoms with Gasteiger partial charge in [-0.2, -0.15) is 0 Å². The zero-order valence-electron chi connectivity index (χ0n) is 69.7. The van der Waals surface area contributed by atoms with Crippen molar-refractivity contribution in [2.45, 2.75) is 105 Å². The number of hydrogen-bond acceptors (Lipinski definition) is 4. The molecule has 0 saturated heterocycles. The van der Waals surface area contributed by atoms with Crippen LogP contribution in [-0.2, 0) is 87.0 Å². The second kappa shape index (κ2) is 36.1. The zero-order valence-corrected chi connectivity index (χ0v) is 85.2. The maximum Gasteiger partial charge on any atom is 0.136 e. The molecule has 0 spiro atoms. The van der Waals surface area contributed by atoms with E-state index in [1.807, 2.05) is 6.20 Å². The number of aromatic nitrogens is 6. The van der Waals surface area contributed by atoms with E-state index in [9.17, 15) is 0 Å². The first-order valence-electron chi connectivity index (χ1n) is 40.0. The van der Waals surface area contributed by atoms with Crippen LogP contribution in [0, 0.1) is 24.3 Å². The van der Waals surface area contributed by atoms with E-state index >= 15 is 0 Å². The summed E-state index contributed by atoms with van der Waals surface area (Å²) in [5.41, 5.74) is 19.8. The molecule has 0 N–H and O–H groups in total. The third-order valence-corrected chi connectivity index (χ3v) is 39.7. The molecule has 0 aliphatic carbocycles. The number of nitrogens with zero attached hydrogens (tertiary/aromatic N) is 6. The molecule has 118 heavy (non-hydrogen) atoms. The Morgan fingerprint density at radius 1 is 0.297 bits per heavy atom. The molecule has 4 radical (unpaired) electrons. The van der Waals surface area contributed by atoms with E-state index < -0.39 is 48.4 Å². The first-order valence-corrected chi connectivity index (χ1v) is 59.0. The van der Waals surface area contributed by atoms with Crippen LogP contribution in [0.25, 0.3) is 117 Å². The van der Waals surface area contributed by atoms with Gasteiger partial charge in [-0.15, -0.1) is 105 Å². The molecule has 11 aromatic carbocycles. The summed E-state index contributed by atoms with van der Waals surface area (Å²) in [7, 11) is -9.37. The molecule has 19 rings (SSSR count). The van der Waals surface area contributed by atoms with Crippen molar-refractivity contribution in [2.24, 2.45) is 0 Å². The fourth-order valence-corrected chi connectivity index (χ4v) is 29.0. The van der Waals surface area contributed by atoms with E-state index in [0.29, 0.717) is 0 Å². The van der Waals surface area contributed by atoms with Crippen LogP contribution in [-0.4, -0.2) is 77.5 Å². The summed E-state index contributed by atoms with van der Waals surface area (Å²) in [6.07, 6.45) is 8.24. The van der Waals surface area contributed by atoms with Crippen molar-refractivity contribution in [3.63, 3.8) is 0 Å². The molecule has 2 aliphatic heterocycles. The van der Waals surface area contributed by atoms with E-state index in [1.165, 1.54) is 118 Å². The summed E-state index contributed by atoms with van der Waals surface area (Å²) in [4.78, 5) is 19.1. The van der Waals surface area contributed by atoms with Crippen molar-refractivity contribution in [1.82, 2.24) is 29.1 Å². The molecule has 0 atom stereocenters. The molecule has 0 amide bonds. The Kier molecular flexibility index (Phi) is 27.1. The van der Waals surface area contributed by atoms with E-state index in [4.69, 9.17) is 19.9 Å². The first-order chi connectivity index (χ1) is 54.8. The smallest absolute Gasteiger partial charge is 0.136 e. The predicted octanol–water partition coefficient (Wildman–Crippen LogP) is 19.8. The number of aryl methyl sites for hydroxylation is 1. The number of fused-ring (bicyclic) bond motifs is 12. The average molecular weight is 2350 g/mol. The van der Waals surface area contributed by atoms with Crippen LogP contribution in [0.1, 0.15) is 6.92 Å². The van der Waals surface area contributed by atoms with Crippen LogP contribution >= 0.6 is 0 Å². The normalized spacial score (nSPS) is 12.8. The Bertz CT molecular complexity index is 6350. The number of benzene rings is 11. The Morgan fingerprint density at radius 2 is 0.636 bits per heavy atom. The summed E-state index contributed by atoms with van der Waals surface area (Å²) in [5.74, 6) is 0. The monoisotopic (exact) mass is 2350 g/mol. The van der Waals surface area contributed by atoms with Crippen LogP contribution in [0.4, 0.5) is 0 Å². The van der Waals surface area contributed by atoms with Crippen molar-refractivity contribution in [3.05, 3.63) is 334 Å². The molecule has 6 aromatic heterocycles. The van der Waals surface area contributed by atoms with Gasteiger partial charge in [0, 0.05) is 128 Å². The molecule has 0 saturated carbocycles. The largest absolute Gasteiger partial charge is 0.381 e. The van der Waals surface area contributed by atoms with E-state index in [2.05, 4.69) is 436 Å². The van der Waals surface area contributed by atoms with Gasteiger partial charge >= 0.3 is 0 Å². The number of para-hydroxylation sites is 3. The molecule has 8 heterocycles. The zero-order chi connectivity index (χ0) is 79.5.